The highest BCUT2D eigenvalue weighted by atomic mass is 16.5. The van der Waals surface area contributed by atoms with Crippen LogP contribution in [-0.4, -0.2) is 23.0 Å². The van der Waals surface area contributed by atoms with Crippen molar-refractivity contribution >= 4 is 29.1 Å². The topological polar surface area (TPSA) is 76.1 Å². The smallest absolute Gasteiger partial charge is 0.339 e. The number of nitrogens with zero attached hydrogens (tertiary/aromatic N) is 2. The number of hydrogen-bond donors (Lipinski definition) is 2. The lowest BCUT2D eigenvalue weighted by molar-refractivity contribution is 0.0602. The Morgan fingerprint density at radius 3 is 2.36 bits per heavy atom. The molecule has 0 fully saturated rings. The van der Waals surface area contributed by atoms with E-state index in [0.29, 0.717) is 28.9 Å². The number of aryl methyl sites for hydroxylation is 1. The van der Waals surface area contributed by atoms with Gasteiger partial charge in [-0.15, -0.1) is 0 Å². The first-order valence-electron chi connectivity index (χ1n) is 9.14. The lowest BCUT2D eigenvalue weighted by Gasteiger charge is -2.15. The molecule has 0 unspecified atom stereocenters. The number of rotatable bonds is 6. The maximum atomic E-state index is 12.0. The Hall–Kier alpha value is -3.41. The Balaban J connectivity index is 1.91. The van der Waals surface area contributed by atoms with Crippen molar-refractivity contribution in [2.75, 3.05) is 17.7 Å². The molecule has 0 atom stereocenters. The number of methoxy groups -OCH3 is 1. The van der Waals surface area contributed by atoms with Gasteiger partial charge in [0.15, 0.2) is 0 Å². The van der Waals surface area contributed by atoms with Crippen molar-refractivity contribution in [3.05, 3.63) is 71.4 Å². The van der Waals surface area contributed by atoms with Gasteiger partial charge in [0.05, 0.1) is 18.4 Å². The second-order valence-electron chi connectivity index (χ2n) is 6.75. The average molecular weight is 376 g/mol. The molecule has 0 aliphatic rings. The van der Waals surface area contributed by atoms with Gasteiger partial charge in [0, 0.05) is 17.4 Å². The predicted octanol–water partition coefficient (Wildman–Crippen LogP) is 5.18. The van der Waals surface area contributed by atoms with E-state index in [0.717, 1.165) is 11.4 Å². The molecule has 1 heterocycles. The van der Waals surface area contributed by atoms with Crippen molar-refractivity contribution in [1.29, 1.82) is 0 Å². The van der Waals surface area contributed by atoms with Crippen LogP contribution in [0, 0.1) is 6.92 Å². The first-order chi connectivity index (χ1) is 13.5. The number of benzene rings is 2. The van der Waals surface area contributed by atoms with E-state index in [1.54, 1.807) is 18.2 Å². The Morgan fingerprint density at radius 1 is 0.964 bits per heavy atom. The summed E-state index contributed by atoms with van der Waals surface area (Å²) in [6.07, 6.45) is 0. The Morgan fingerprint density at radius 2 is 1.64 bits per heavy atom. The quantitative estimate of drug-likeness (QED) is 0.577. The maximum absolute atomic E-state index is 12.0. The lowest BCUT2D eigenvalue weighted by Crippen LogP contribution is -2.08. The SMILES string of the molecule is COC(=O)c1ccccc1Nc1nc(C)cc(Nc2ccccc2C(C)C)n1. The van der Waals surface area contributed by atoms with Gasteiger partial charge in [-0.3, -0.25) is 0 Å². The van der Waals surface area contributed by atoms with Gasteiger partial charge in [-0.2, -0.15) is 4.98 Å². The van der Waals surface area contributed by atoms with Crippen LogP contribution in [0.2, 0.25) is 0 Å². The van der Waals surface area contributed by atoms with Crippen molar-refractivity contribution in [1.82, 2.24) is 9.97 Å². The minimum atomic E-state index is -0.417. The van der Waals surface area contributed by atoms with Crippen LogP contribution in [0.1, 0.15) is 41.4 Å². The molecule has 144 valence electrons. The molecule has 0 amide bonds. The average Bonchev–Trinajstić information content (AvgIpc) is 2.67. The third-order valence-corrected chi connectivity index (χ3v) is 4.28. The number of para-hydroxylation sites is 2. The molecule has 2 aromatic carbocycles. The monoisotopic (exact) mass is 376 g/mol. The van der Waals surface area contributed by atoms with Crippen molar-refractivity contribution in [3.63, 3.8) is 0 Å². The van der Waals surface area contributed by atoms with Gasteiger partial charge in [0.2, 0.25) is 5.95 Å². The molecule has 28 heavy (non-hydrogen) atoms. The van der Waals surface area contributed by atoms with Crippen LogP contribution in [0.15, 0.2) is 54.6 Å². The molecule has 0 aliphatic heterocycles. The van der Waals surface area contributed by atoms with Crippen molar-refractivity contribution in [3.8, 4) is 0 Å². The summed E-state index contributed by atoms with van der Waals surface area (Å²) < 4.78 is 4.84. The third-order valence-electron chi connectivity index (χ3n) is 4.28. The van der Waals surface area contributed by atoms with Gasteiger partial charge in [0.25, 0.3) is 0 Å². The largest absolute Gasteiger partial charge is 0.465 e. The molecule has 3 rings (SSSR count). The van der Waals surface area contributed by atoms with Gasteiger partial charge in [-0.1, -0.05) is 44.2 Å². The molecule has 6 heteroatoms. The zero-order chi connectivity index (χ0) is 20.1. The fourth-order valence-corrected chi connectivity index (χ4v) is 2.94. The van der Waals surface area contributed by atoms with E-state index in [2.05, 4.69) is 40.5 Å². The highest BCUT2D eigenvalue weighted by molar-refractivity contribution is 5.96. The number of carbonyl (C=O) groups excluding carboxylic acids is 1. The summed E-state index contributed by atoms with van der Waals surface area (Å²) >= 11 is 0. The lowest BCUT2D eigenvalue weighted by atomic mass is 10.0. The first-order valence-corrected chi connectivity index (χ1v) is 9.14. The Bertz CT molecular complexity index is 986. The molecule has 0 radical (unpaired) electrons. The maximum Gasteiger partial charge on any atom is 0.339 e. The minimum absolute atomic E-state index is 0.385. The van der Waals surface area contributed by atoms with Crippen LogP contribution >= 0.6 is 0 Å². The van der Waals surface area contributed by atoms with Gasteiger partial charge in [-0.05, 0) is 36.6 Å². The first kappa shape index (κ1) is 19.4. The van der Waals surface area contributed by atoms with E-state index in [4.69, 9.17) is 4.74 Å². The summed E-state index contributed by atoms with van der Waals surface area (Å²) in [5.74, 6) is 1.05. The van der Waals surface area contributed by atoms with Crippen molar-refractivity contribution in [2.24, 2.45) is 0 Å². The third kappa shape index (κ3) is 4.46. The highest BCUT2D eigenvalue weighted by Crippen LogP contribution is 2.27. The zero-order valence-corrected chi connectivity index (χ0v) is 16.5. The molecule has 0 saturated carbocycles. The van der Waals surface area contributed by atoms with Crippen LogP contribution < -0.4 is 10.6 Å². The van der Waals surface area contributed by atoms with E-state index in [1.165, 1.54) is 12.7 Å². The van der Waals surface area contributed by atoms with Crippen molar-refractivity contribution in [2.45, 2.75) is 26.7 Å². The van der Waals surface area contributed by atoms with Crippen LogP contribution in [0.3, 0.4) is 0 Å². The van der Waals surface area contributed by atoms with Gasteiger partial charge in [-0.25, -0.2) is 9.78 Å². The van der Waals surface area contributed by atoms with E-state index >= 15 is 0 Å². The normalized spacial score (nSPS) is 10.6. The van der Waals surface area contributed by atoms with Crippen LogP contribution in [-0.2, 0) is 4.74 Å². The summed E-state index contributed by atoms with van der Waals surface area (Å²) in [5, 5.41) is 6.52. The second kappa shape index (κ2) is 8.52. The van der Waals surface area contributed by atoms with Crippen LogP contribution in [0.4, 0.5) is 23.1 Å². The molecule has 0 bridgehead atoms. The molecule has 0 aliphatic carbocycles. The number of carbonyl (C=O) groups is 1. The van der Waals surface area contributed by atoms with Gasteiger partial charge < -0.3 is 15.4 Å². The molecule has 3 aromatic rings. The molecule has 0 saturated heterocycles. The number of anilines is 4. The molecule has 6 nitrogen and oxygen atoms in total. The van der Waals surface area contributed by atoms with E-state index in [9.17, 15) is 4.79 Å². The molecular weight excluding hydrogens is 352 g/mol. The van der Waals surface area contributed by atoms with Crippen LogP contribution in [0.25, 0.3) is 0 Å². The Labute approximate surface area is 165 Å². The van der Waals surface area contributed by atoms with E-state index < -0.39 is 5.97 Å². The zero-order valence-electron chi connectivity index (χ0n) is 16.5. The Kier molecular flexibility index (Phi) is 5.89. The van der Waals surface area contributed by atoms with Gasteiger partial charge in [0.1, 0.15) is 5.82 Å². The van der Waals surface area contributed by atoms with E-state index in [1.807, 2.05) is 37.3 Å². The van der Waals surface area contributed by atoms with Crippen LogP contribution in [0.5, 0.6) is 0 Å². The standard InChI is InChI=1S/C22H24N4O2/c1-14(2)16-9-5-7-11-18(16)24-20-13-15(3)23-22(26-20)25-19-12-8-6-10-17(19)21(27)28-4/h5-14H,1-4H3,(H2,23,24,25,26). The van der Waals surface area contributed by atoms with Crippen molar-refractivity contribution < 1.29 is 9.53 Å². The number of aromatic nitrogens is 2. The minimum Gasteiger partial charge on any atom is -0.465 e. The van der Waals surface area contributed by atoms with Gasteiger partial charge >= 0.3 is 5.97 Å². The summed E-state index contributed by atoms with van der Waals surface area (Å²) in [6.45, 7) is 6.21. The number of esters is 1. The van der Waals surface area contributed by atoms with E-state index in [-0.39, 0.29) is 0 Å². The fourth-order valence-electron chi connectivity index (χ4n) is 2.94. The summed E-state index contributed by atoms with van der Waals surface area (Å²) in [4.78, 5) is 21.0. The summed E-state index contributed by atoms with van der Waals surface area (Å²) in [7, 11) is 1.36. The number of ether oxygens (including phenoxy) is 1. The molecule has 0 spiro atoms. The molecule has 2 N–H and O–H groups in total. The predicted molar refractivity (Wildman–Crippen MR) is 112 cm³/mol. The summed E-state index contributed by atoms with van der Waals surface area (Å²) in [5.41, 5.74) is 4.04. The number of nitrogens with one attached hydrogen (secondary N) is 2. The molecule has 1 aromatic heterocycles. The molecular formula is C22H24N4O2. The fraction of sp³-hybridized carbons (Fsp3) is 0.227. The number of hydrogen-bond acceptors (Lipinski definition) is 6. The summed E-state index contributed by atoms with van der Waals surface area (Å²) in [6, 6.07) is 17.2. The second-order valence-corrected chi connectivity index (χ2v) is 6.75. The highest BCUT2D eigenvalue weighted by Gasteiger charge is 2.13.